The minimum atomic E-state index is -0.320. The summed E-state index contributed by atoms with van der Waals surface area (Å²) in [5.41, 5.74) is 5.71. The number of halogens is 4. The highest BCUT2D eigenvalue weighted by atomic mass is 79.9. The summed E-state index contributed by atoms with van der Waals surface area (Å²) >= 11 is 20.8. The molecule has 4 rings (SSSR count). The third-order valence-electron chi connectivity index (χ3n) is 8.56. The fraction of sp³-hybridized carbons (Fsp3) is 0.381. The molecule has 2 aromatic rings. The summed E-state index contributed by atoms with van der Waals surface area (Å²) in [6, 6.07) is 7.14. The van der Waals surface area contributed by atoms with Gasteiger partial charge in [-0.15, -0.1) is 10.2 Å². The van der Waals surface area contributed by atoms with Crippen molar-refractivity contribution in [2.45, 2.75) is 83.1 Å². The molecule has 0 heterocycles. The number of nitrogens with zero attached hydrogens (tertiary/aromatic N) is 4. The normalized spacial score (nSPS) is 16.4. The molecule has 10 heteroatoms. The maximum absolute atomic E-state index is 13.3. The van der Waals surface area contributed by atoms with Crippen molar-refractivity contribution in [1.29, 1.82) is 0 Å². The van der Waals surface area contributed by atoms with Crippen molar-refractivity contribution in [2.75, 3.05) is 0 Å². The van der Waals surface area contributed by atoms with E-state index in [4.69, 9.17) is 23.2 Å². The van der Waals surface area contributed by atoms with Crippen LogP contribution in [0, 0.1) is 21.7 Å². The van der Waals surface area contributed by atoms with Crippen LogP contribution in [0.15, 0.2) is 124 Å². The summed E-state index contributed by atoms with van der Waals surface area (Å²) in [6.45, 7) is 24.4. The van der Waals surface area contributed by atoms with Crippen molar-refractivity contribution < 1.29 is 9.59 Å². The van der Waals surface area contributed by atoms with E-state index in [-0.39, 0.29) is 33.2 Å². The molecule has 52 heavy (non-hydrogen) atoms. The van der Waals surface area contributed by atoms with Crippen molar-refractivity contribution in [3.63, 3.8) is 0 Å². The van der Waals surface area contributed by atoms with Gasteiger partial charge in [0.2, 0.25) is 0 Å². The number of ketones is 2. The van der Waals surface area contributed by atoms with Gasteiger partial charge in [0.15, 0.2) is 11.6 Å². The lowest BCUT2D eigenvalue weighted by molar-refractivity contribution is -0.114. The Morgan fingerprint density at radius 3 is 1.02 bits per heavy atom. The largest absolute Gasteiger partial charge is 0.289 e. The van der Waals surface area contributed by atoms with Gasteiger partial charge in [-0.1, -0.05) is 106 Å². The number of rotatable bonds is 5. The zero-order valence-corrected chi connectivity index (χ0v) is 36.6. The quantitative estimate of drug-likeness (QED) is 0.280. The van der Waals surface area contributed by atoms with Gasteiger partial charge in [0.25, 0.3) is 0 Å². The number of azo groups is 2. The number of hydrogen-bond donors (Lipinski definition) is 0. The summed E-state index contributed by atoms with van der Waals surface area (Å²) in [6.07, 6.45) is 10.9. The molecule has 0 N–H and O–H groups in total. The third kappa shape index (κ3) is 9.73. The van der Waals surface area contributed by atoms with E-state index >= 15 is 0 Å². The first kappa shape index (κ1) is 41.7. The van der Waals surface area contributed by atoms with Crippen LogP contribution in [0.4, 0.5) is 11.4 Å². The van der Waals surface area contributed by atoms with Gasteiger partial charge in [0.05, 0.1) is 22.4 Å². The monoisotopic (exact) mass is 866 g/mol. The van der Waals surface area contributed by atoms with E-state index < -0.39 is 0 Å². The van der Waals surface area contributed by atoms with Gasteiger partial charge in [-0.3, -0.25) is 9.59 Å². The van der Waals surface area contributed by atoms with Gasteiger partial charge in [0.1, 0.15) is 11.4 Å². The second-order valence-corrected chi connectivity index (χ2v) is 19.7. The molecule has 0 aliphatic heterocycles. The van der Waals surface area contributed by atoms with E-state index in [0.717, 1.165) is 33.4 Å². The van der Waals surface area contributed by atoms with Gasteiger partial charge in [-0.05, 0) is 113 Å². The lowest BCUT2D eigenvalue weighted by atomic mass is 9.72. The molecule has 2 aliphatic rings. The Bertz CT molecular complexity index is 1870. The maximum atomic E-state index is 13.3. The van der Waals surface area contributed by atoms with Gasteiger partial charge in [-0.25, -0.2) is 0 Å². The first-order valence-corrected chi connectivity index (χ1v) is 19.3. The molecule has 6 nitrogen and oxygen atoms in total. The highest BCUT2D eigenvalue weighted by molar-refractivity contribution is 9.11. The molecular weight excluding hydrogens is 823 g/mol. The van der Waals surface area contributed by atoms with E-state index in [0.29, 0.717) is 41.5 Å². The van der Waals surface area contributed by atoms with Crippen molar-refractivity contribution in [3.8, 4) is 11.1 Å². The summed E-state index contributed by atoms with van der Waals surface area (Å²) in [5.74, 6) is 0.130. The van der Waals surface area contributed by atoms with Crippen LogP contribution in [0.25, 0.3) is 11.1 Å². The number of carbonyl (C=O) groups excluding carboxylic acids is 2. The summed E-state index contributed by atoms with van der Waals surface area (Å²) in [4.78, 5) is 26.5. The maximum Gasteiger partial charge on any atom is 0.186 e. The molecule has 2 aromatic carbocycles. The molecule has 0 saturated heterocycles. The number of carbonyl (C=O) groups is 2. The summed E-state index contributed by atoms with van der Waals surface area (Å²) < 4.78 is 1.34. The Labute approximate surface area is 335 Å². The van der Waals surface area contributed by atoms with Crippen LogP contribution >= 0.6 is 55.1 Å². The van der Waals surface area contributed by atoms with Gasteiger partial charge < -0.3 is 0 Å². The van der Waals surface area contributed by atoms with Crippen LogP contribution in [-0.4, -0.2) is 11.6 Å². The number of allylic oxidation sites excluding steroid dienone is 10. The number of hydrogen-bond acceptors (Lipinski definition) is 6. The fourth-order valence-electron chi connectivity index (χ4n) is 5.63. The van der Waals surface area contributed by atoms with Gasteiger partial charge in [-0.2, -0.15) is 10.2 Å². The lowest BCUT2D eigenvalue weighted by Crippen LogP contribution is -2.27. The molecule has 0 fully saturated rings. The van der Waals surface area contributed by atoms with Crippen molar-refractivity contribution in [2.24, 2.45) is 42.1 Å². The van der Waals surface area contributed by atoms with E-state index in [1.54, 1.807) is 24.5 Å². The molecular formula is C42H46Br2Cl2N4O2. The van der Waals surface area contributed by atoms with Gasteiger partial charge in [0, 0.05) is 42.4 Å². The molecule has 0 spiro atoms. The van der Waals surface area contributed by atoms with Crippen molar-refractivity contribution in [1.82, 2.24) is 0 Å². The fourth-order valence-corrected chi connectivity index (χ4v) is 7.00. The van der Waals surface area contributed by atoms with Crippen LogP contribution in [0.5, 0.6) is 0 Å². The second kappa shape index (κ2) is 15.4. The number of Topliss-reactive ketones (excluding diaryl/α,β-unsaturated/α-hetero) is 2. The second-order valence-electron chi connectivity index (χ2n) is 17.1. The zero-order chi connectivity index (χ0) is 39.1. The van der Waals surface area contributed by atoms with Crippen molar-refractivity contribution >= 4 is 78.0 Å². The van der Waals surface area contributed by atoms with Crippen LogP contribution in [0.3, 0.4) is 0 Å². The Balaban J connectivity index is 1.63. The van der Waals surface area contributed by atoms with E-state index in [1.165, 1.54) is 0 Å². The van der Waals surface area contributed by atoms with E-state index in [2.05, 4.69) is 52.3 Å². The molecule has 0 amide bonds. The number of benzene rings is 2. The Morgan fingerprint density at radius 1 is 0.500 bits per heavy atom. The minimum absolute atomic E-state index is 0.0652. The topological polar surface area (TPSA) is 83.6 Å². The average Bonchev–Trinajstić information content (AvgIpc) is 2.99. The molecule has 0 atom stereocenters. The SMILES string of the molecule is CC(C)(C)C1=CC(=CN=Nc2cc(Cl)c(-c3cc(Br)c(N=NC=C4C=C(C(C)(C)C)C(=O)C(C(C)(C)C)=C4)cc3Cl)cc2Br)C=C(C(C)(C)C)C1=O. The third-order valence-corrected chi connectivity index (χ3v) is 10.5. The average molecular weight is 870 g/mol. The molecule has 2 aliphatic carbocycles. The van der Waals surface area contributed by atoms with E-state index in [1.807, 2.05) is 120 Å². The van der Waals surface area contributed by atoms with Crippen LogP contribution in [0.2, 0.25) is 10.0 Å². The first-order valence-electron chi connectivity index (χ1n) is 17.0. The molecule has 0 radical (unpaired) electrons. The Kier molecular flexibility index (Phi) is 12.3. The van der Waals surface area contributed by atoms with Crippen LogP contribution < -0.4 is 0 Å². The Morgan fingerprint density at radius 2 is 0.769 bits per heavy atom. The molecule has 274 valence electrons. The molecule has 0 bridgehead atoms. The predicted octanol–water partition coefficient (Wildman–Crippen LogP) is 15.2. The molecule has 0 saturated carbocycles. The van der Waals surface area contributed by atoms with Crippen LogP contribution in [-0.2, 0) is 9.59 Å². The standard InChI is InChI=1S/C42H46Br2Cl2N4O2/c1-39(2,3)27-13-23(14-28(37(27)51)40(4,5)6)21-47-49-35-19-33(45)25(17-31(35)43)26-18-32(44)36(20-34(26)46)50-48-22-24-15-29(41(7,8)9)38(52)30(16-24)42(10,11)12/h13-22H,1-12H3. The minimum Gasteiger partial charge on any atom is -0.289 e. The van der Waals surface area contributed by atoms with E-state index in [9.17, 15) is 9.59 Å². The van der Waals surface area contributed by atoms with Crippen LogP contribution in [0.1, 0.15) is 83.1 Å². The molecule has 0 unspecified atom stereocenters. The summed E-state index contributed by atoms with van der Waals surface area (Å²) in [5, 5.41) is 18.4. The van der Waals surface area contributed by atoms with Gasteiger partial charge >= 0.3 is 0 Å². The highest BCUT2D eigenvalue weighted by Crippen LogP contribution is 2.44. The highest BCUT2D eigenvalue weighted by Gasteiger charge is 2.35. The Hall–Kier alpha value is -3.04. The smallest absolute Gasteiger partial charge is 0.186 e. The molecule has 0 aromatic heterocycles. The predicted molar refractivity (Wildman–Crippen MR) is 223 cm³/mol. The lowest BCUT2D eigenvalue weighted by Gasteiger charge is -2.31. The zero-order valence-electron chi connectivity index (χ0n) is 31.9. The first-order chi connectivity index (χ1) is 23.8. The summed E-state index contributed by atoms with van der Waals surface area (Å²) in [7, 11) is 0. The van der Waals surface area contributed by atoms with Crippen molar-refractivity contribution in [3.05, 3.63) is 113 Å².